The van der Waals surface area contributed by atoms with Crippen LogP contribution in [-0.4, -0.2) is 27.5 Å². The molecule has 2 aromatic rings. The summed E-state index contributed by atoms with van der Waals surface area (Å²) in [4.78, 5) is 24.5. The third kappa shape index (κ3) is 3.30. The molecule has 1 atom stereocenters. The van der Waals surface area contributed by atoms with Gasteiger partial charge in [-0.25, -0.2) is 15.0 Å². The Kier molecular flexibility index (Phi) is 4.43. The van der Waals surface area contributed by atoms with E-state index < -0.39 is 0 Å². The molecule has 1 amide bonds. The van der Waals surface area contributed by atoms with Crippen LogP contribution in [0.25, 0.3) is 0 Å². The van der Waals surface area contributed by atoms with Gasteiger partial charge in [0.1, 0.15) is 6.10 Å². The number of nitrogens with zero attached hydrogens (tertiary/aromatic N) is 3. The van der Waals surface area contributed by atoms with Gasteiger partial charge in [-0.1, -0.05) is 0 Å². The zero-order chi connectivity index (χ0) is 15.4. The highest BCUT2D eigenvalue weighted by atomic mass is 16.5. The molecule has 0 saturated carbocycles. The molecule has 0 unspecified atom stereocenters. The Morgan fingerprint density at radius 1 is 1.32 bits per heavy atom. The molecule has 1 aliphatic rings. The lowest BCUT2D eigenvalue weighted by Crippen LogP contribution is -2.23. The summed E-state index contributed by atoms with van der Waals surface area (Å²) in [6, 6.07) is 0. The van der Waals surface area contributed by atoms with Crippen molar-refractivity contribution in [3.63, 3.8) is 0 Å². The van der Waals surface area contributed by atoms with Crippen LogP contribution >= 0.6 is 0 Å². The van der Waals surface area contributed by atoms with E-state index in [0.717, 1.165) is 31.4 Å². The second-order valence-corrected chi connectivity index (χ2v) is 5.25. The largest absolute Gasteiger partial charge is 0.438 e. The van der Waals surface area contributed by atoms with Gasteiger partial charge in [0.2, 0.25) is 5.76 Å². The number of aryl methyl sites for hydroxylation is 1. The lowest BCUT2D eigenvalue weighted by molar-refractivity contribution is 0.00940. The van der Waals surface area contributed by atoms with Gasteiger partial charge >= 0.3 is 0 Å². The lowest BCUT2D eigenvalue weighted by atomic mass is 10.1. The quantitative estimate of drug-likeness (QED) is 0.928. The maximum atomic E-state index is 11.9. The number of hydrogen-bond donors (Lipinski definition) is 1. The number of hydrogen-bond acceptors (Lipinski definition) is 6. The molecule has 3 heterocycles. The minimum atomic E-state index is -0.297. The Bertz CT molecular complexity index is 632. The van der Waals surface area contributed by atoms with Gasteiger partial charge in [0.05, 0.1) is 5.69 Å². The molecule has 0 spiro atoms. The van der Waals surface area contributed by atoms with Crippen molar-refractivity contribution in [2.45, 2.75) is 38.8 Å². The van der Waals surface area contributed by atoms with Crippen molar-refractivity contribution in [1.29, 1.82) is 0 Å². The van der Waals surface area contributed by atoms with Crippen molar-refractivity contribution in [3.05, 3.63) is 41.6 Å². The third-order valence-corrected chi connectivity index (χ3v) is 3.60. The zero-order valence-electron chi connectivity index (χ0n) is 12.4. The summed E-state index contributed by atoms with van der Waals surface area (Å²) < 4.78 is 10.7. The summed E-state index contributed by atoms with van der Waals surface area (Å²) in [5, 5.41) is 2.76. The number of carbonyl (C=O) groups is 1. The molecule has 7 nitrogen and oxygen atoms in total. The van der Waals surface area contributed by atoms with Gasteiger partial charge in [0, 0.05) is 31.1 Å². The number of amides is 1. The molecule has 1 aliphatic heterocycles. The minimum Gasteiger partial charge on any atom is -0.438 e. The van der Waals surface area contributed by atoms with Gasteiger partial charge in [0.25, 0.3) is 5.91 Å². The standard InChI is InChI=1S/C15H18N4O3/c1-10-13(22-9-19-10)15(20)18-8-11-6-16-14(17-7-11)12-4-2-3-5-21-12/h6-7,9,12H,2-5,8H2,1H3,(H,18,20)/t12-/m1/s1. The summed E-state index contributed by atoms with van der Waals surface area (Å²) >= 11 is 0. The van der Waals surface area contributed by atoms with Crippen molar-refractivity contribution in [2.75, 3.05) is 6.61 Å². The Morgan fingerprint density at radius 2 is 2.14 bits per heavy atom. The molecule has 116 valence electrons. The van der Waals surface area contributed by atoms with Gasteiger partial charge in [-0.3, -0.25) is 4.79 Å². The predicted octanol–water partition coefficient (Wildman–Crippen LogP) is 1.94. The van der Waals surface area contributed by atoms with Crippen LogP contribution in [0.1, 0.15) is 53.0 Å². The highest BCUT2D eigenvalue weighted by Gasteiger charge is 2.18. The average molecular weight is 302 g/mol. The normalized spacial score (nSPS) is 18.1. The summed E-state index contributed by atoms with van der Waals surface area (Å²) in [5.41, 5.74) is 1.39. The molecule has 22 heavy (non-hydrogen) atoms. The van der Waals surface area contributed by atoms with Gasteiger partial charge < -0.3 is 14.5 Å². The van der Waals surface area contributed by atoms with E-state index in [4.69, 9.17) is 9.15 Å². The number of nitrogens with one attached hydrogen (secondary N) is 1. The van der Waals surface area contributed by atoms with Crippen LogP contribution in [0.5, 0.6) is 0 Å². The molecule has 1 fully saturated rings. The molecule has 0 aliphatic carbocycles. The maximum absolute atomic E-state index is 11.9. The molecule has 0 aromatic carbocycles. The van der Waals surface area contributed by atoms with Crippen LogP contribution in [0.2, 0.25) is 0 Å². The monoisotopic (exact) mass is 302 g/mol. The molecule has 0 radical (unpaired) electrons. The van der Waals surface area contributed by atoms with Crippen molar-refractivity contribution < 1.29 is 13.9 Å². The zero-order valence-corrected chi connectivity index (χ0v) is 12.4. The third-order valence-electron chi connectivity index (χ3n) is 3.60. The first-order valence-electron chi connectivity index (χ1n) is 7.35. The Labute approximate surface area is 128 Å². The summed E-state index contributed by atoms with van der Waals surface area (Å²) in [5.74, 6) is 0.642. The molecule has 1 saturated heterocycles. The number of oxazole rings is 1. The molecule has 0 bridgehead atoms. The first kappa shape index (κ1) is 14.6. The van der Waals surface area contributed by atoms with Crippen LogP contribution in [0, 0.1) is 6.92 Å². The number of carbonyl (C=O) groups excluding carboxylic acids is 1. The van der Waals surface area contributed by atoms with Crippen molar-refractivity contribution in [2.24, 2.45) is 0 Å². The Balaban J connectivity index is 1.57. The smallest absolute Gasteiger partial charge is 0.289 e. The molecule has 1 N–H and O–H groups in total. The molecular formula is C15H18N4O3. The fourth-order valence-electron chi connectivity index (χ4n) is 2.35. The maximum Gasteiger partial charge on any atom is 0.289 e. The Hall–Kier alpha value is -2.28. The number of rotatable bonds is 4. The van der Waals surface area contributed by atoms with Gasteiger partial charge in [-0.05, 0) is 26.2 Å². The Morgan fingerprint density at radius 3 is 2.77 bits per heavy atom. The van der Waals surface area contributed by atoms with Gasteiger partial charge in [0.15, 0.2) is 12.2 Å². The van der Waals surface area contributed by atoms with Crippen molar-refractivity contribution in [3.8, 4) is 0 Å². The fraction of sp³-hybridized carbons (Fsp3) is 0.467. The van der Waals surface area contributed by atoms with Crippen LogP contribution in [0.15, 0.2) is 23.2 Å². The minimum absolute atomic E-state index is 0.00534. The topological polar surface area (TPSA) is 90.1 Å². The van der Waals surface area contributed by atoms with Crippen LogP contribution in [0.4, 0.5) is 0 Å². The predicted molar refractivity (Wildman–Crippen MR) is 77.0 cm³/mol. The van der Waals surface area contributed by atoms with E-state index in [9.17, 15) is 4.79 Å². The van der Waals surface area contributed by atoms with Crippen LogP contribution in [0.3, 0.4) is 0 Å². The second-order valence-electron chi connectivity index (χ2n) is 5.25. The molecule has 2 aromatic heterocycles. The van der Waals surface area contributed by atoms with Crippen molar-refractivity contribution >= 4 is 5.91 Å². The van der Waals surface area contributed by atoms with E-state index >= 15 is 0 Å². The molecule has 7 heteroatoms. The number of aromatic nitrogens is 3. The van der Waals surface area contributed by atoms with E-state index in [1.807, 2.05) is 0 Å². The highest BCUT2D eigenvalue weighted by molar-refractivity contribution is 5.92. The van der Waals surface area contributed by atoms with Gasteiger partial charge in [-0.15, -0.1) is 0 Å². The SMILES string of the molecule is Cc1ncoc1C(=O)NCc1cnc([C@H]2CCCCO2)nc1. The van der Waals surface area contributed by atoms with E-state index in [1.54, 1.807) is 19.3 Å². The van der Waals surface area contributed by atoms with Crippen molar-refractivity contribution in [1.82, 2.24) is 20.3 Å². The highest BCUT2D eigenvalue weighted by Crippen LogP contribution is 2.24. The fourth-order valence-corrected chi connectivity index (χ4v) is 2.35. The lowest BCUT2D eigenvalue weighted by Gasteiger charge is -2.21. The van der Waals surface area contributed by atoms with Crippen LogP contribution < -0.4 is 5.32 Å². The first-order chi connectivity index (χ1) is 10.7. The van der Waals surface area contributed by atoms with E-state index in [1.165, 1.54) is 6.39 Å². The molecule has 3 rings (SSSR count). The first-order valence-corrected chi connectivity index (χ1v) is 7.35. The summed E-state index contributed by atoms with van der Waals surface area (Å²) in [6.07, 6.45) is 7.88. The number of ether oxygens (including phenoxy) is 1. The molecular weight excluding hydrogens is 284 g/mol. The summed E-state index contributed by atoms with van der Waals surface area (Å²) in [7, 11) is 0. The summed E-state index contributed by atoms with van der Waals surface area (Å²) in [6.45, 7) is 2.83. The van der Waals surface area contributed by atoms with E-state index in [2.05, 4.69) is 20.3 Å². The van der Waals surface area contributed by atoms with E-state index in [-0.39, 0.29) is 17.8 Å². The average Bonchev–Trinajstić information content (AvgIpc) is 3.00. The van der Waals surface area contributed by atoms with E-state index in [0.29, 0.717) is 18.1 Å². The van der Waals surface area contributed by atoms with Gasteiger partial charge in [-0.2, -0.15) is 0 Å². The second kappa shape index (κ2) is 6.65. The van der Waals surface area contributed by atoms with Crippen LogP contribution in [-0.2, 0) is 11.3 Å².